The summed E-state index contributed by atoms with van der Waals surface area (Å²) in [5.41, 5.74) is 0. The van der Waals surface area contributed by atoms with Gasteiger partial charge in [-0.25, -0.2) is 0 Å². The molecule has 1 aromatic heterocycles. The molecule has 0 N–H and O–H groups in total. The van der Waals surface area contributed by atoms with Gasteiger partial charge in [0.05, 0.1) is 12.7 Å². The highest BCUT2D eigenvalue weighted by Gasteiger charge is 2.17. The lowest BCUT2D eigenvalue weighted by Crippen LogP contribution is -2.33. The van der Waals surface area contributed by atoms with Gasteiger partial charge in [0.2, 0.25) is 5.78 Å². The van der Waals surface area contributed by atoms with E-state index < -0.39 is 0 Å². The first-order valence-electron chi connectivity index (χ1n) is 5.08. The number of aliphatic imine (C=N–C) groups is 1. The minimum atomic E-state index is -0.00694. The van der Waals surface area contributed by atoms with E-state index in [0.29, 0.717) is 12.2 Å². The van der Waals surface area contributed by atoms with Crippen molar-refractivity contribution in [2.24, 2.45) is 4.99 Å². The van der Waals surface area contributed by atoms with Gasteiger partial charge in [0.25, 0.3) is 0 Å². The van der Waals surface area contributed by atoms with Crippen molar-refractivity contribution in [1.29, 1.82) is 0 Å². The molecule has 1 aliphatic heterocycles. The van der Waals surface area contributed by atoms with Gasteiger partial charge >= 0.3 is 0 Å². The SMILES string of the molecule is CN1CCCN=C1CC(=O)c1ccco1. The van der Waals surface area contributed by atoms with Crippen LogP contribution < -0.4 is 0 Å². The van der Waals surface area contributed by atoms with E-state index in [1.165, 1.54) is 6.26 Å². The summed E-state index contributed by atoms with van der Waals surface area (Å²) in [5, 5.41) is 0. The minimum absolute atomic E-state index is 0.00694. The maximum atomic E-state index is 11.7. The van der Waals surface area contributed by atoms with Crippen LogP contribution >= 0.6 is 0 Å². The van der Waals surface area contributed by atoms with Crippen LogP contribution in [-0.2, 0) is 0 Å². The molecule has 0 amide bonds. The first-order chi connectivity index (χ1) is 7.27. The molecule has 0 radical (unpaired) electrons. The van der Waals surface area contributed by atoms with E-state index >= 15 is 0 Å². The molecule has 15 heavy (non-hydrogen) atoms. The summed E-state index contributed by atoms with van der Waals surface area (Å²) in [6, 6.07) is 3.41. The second-order valence-corrected chi connectivity index (χ2v) is 3.65. The minimum Gasteiger partial charge on any atom is -0.461 e. The zero-order valence-electron chi connectivity index (χ0n) is 8.77. The van der Waals surface area contributed by atoms with Gasteiger partial charge in [0, 0.05) is 20.1 Å². The molecule has 0 unspecified atom stereocenters. The second kappa shape index (κ2) is 4.29. The van der Waals surface area contributed by atoms with Crippen molar-refractivity contribution in [3.8, 4) is 0 Å². The van der Waals surface area contributed by atoms with Gasteiger partial charge in [-0.3, -0.25) is 9.79 Å². The first kappa shape index (κ1) is 9.96. The van der Waals surface area contributed by atoms with E-state index in [-0.39, 0.29) is 5.78 Å². The molecule has 1 aromatic rings. The van der Waals surface area contributed by atoms with E-state index in [4.69, 9.17) is 4.42 Å². The lowest BCUT2D eigenvalue weighted by Gasteiger charge is -2.24. The van der Waals surface area contributed by atoms with E-state index in [9.17, 15) is 4.79 Å². The highest BCUT2D eigenvalue weighted by Crippen LogP contribution is 2.09. The van der Waals surface area contributed by atoms with Crippen LogP contribution in [0, 0.1) is 0 Å². The molecular formula is C11H14N2O2. The number of carbonyl (C=O) groups is 1. The number of furan rings is 1. The number of nitrogens with zero attached hydrogens (tertiary/aromatic N) is 2. The van der Waals surface area contributed by atoms with Crippen LogP contribution in [0.15, 0.2) is 27.8 Å². The Bertz CT molecular complexity index is 368. The summed E-state index contributed by atoms with van der Waals surface area (Å²) in [7, 11) is 1.97. The average Bonchev–Trinajstić information content (AvgIpc) is 2.74. The quantitative estimate of drug-likeness (QED) is 0.705. The van der Waals surface area contributed by atoms with Gasteiger partial charge in [-0.05, 0) is 18.6 Å². The Labute approximate surface area is 88.6 Å². The molecule has 0 aliphatic carbocycles. The Morgan fingerprint density at radius 1 is 1.67 bits per heavy atom. The third kappa shape index (κ3) is 2.26. The number of ketones is 1. The first-order valence-corrected chi connectivity index (χ1v) is 5.08. The topological polar surface area (TPSA) is 45.8 Å². The van der Waals surface area contributed by atoms with Crippen LogP contribution in [0.3, 0.4) is 0 Å². The molecule has 2 heterocycles. The Morgan fingerprint density at radius 3 is 3.20 bits per heavy atom. The summed E-state index contributed by atoms with van der Waals surface area (Å²) in [4.78, 5) is 18.1. The molecule has 0 fully saturated rings. The maximum Gasteiger partial charge on any atom is 0.205 e. The molecule has 0 aromatic carbocycles. The van der Waals surface area contributed by atoms with Crippen LogP contribution in [0.25, 0.3) is 0 Å². The molecule has 0 saturated heterocycles. The Kier molecular flexibility index (Phi) is 2.85. The number of rotatable bonds is 3. The van der Waals surface area contributed by atoms with Crippen molar-refractivity contribution in [1.82, 2.24) is 4.90 Å². The molecule has 80 valence electrons. The summed E-state index contributed by atoms with van der Waals surface area (Å²) < 4.78 is 5.05. The molecule has 0 spiro atoms. The number of Topliss-reactive ketones (excluding diaryl/α,β-unsaturated/α-hetero) is 1. The molecular weight excluding hydrogens is 192 g/mol. The van der Waals surface area contributed by atoms with Crippen LogP contribution in [-0.4, -0.2) is 36.7 Å². The van der Waals surface area contributed by atoms with Crippen molar-refractivity contribution in [3.63, 3.8) is 0 Å². The summed E-state index contributed by atoms with van der Waals surface area (Å²) in [6.07, 6.45) is 2.92. The van der Waals surface area contributed by atoms with Gasteiger partial charge in [-0.15, -0.1) is 0 Å². The highest BCUT2D eigenvalue weighted by atomic mass is 16.3. The summed E-state index contributed by atoms with van der Waals surface area (Å²) >= 11 is 0. The van der Waals surface area contributed by atoms with Crippen LogP contribution in [0.4, 0.5) is 0 Å². The molecule has 2 rings (SSSR count). The van der Waals surface area contributed by atoms with Crippen molar-refractivity contribution >= 4 is 11.6 Å². The van der Waals surface area contributed by atoms with Crippen LogP contribution in [0.5, 0.6) is 0 Å². The summed E-state index contributed by atoms with van der Waals surface area (Å²) in [5.74, 6) is 1.27. The van der Waals surface area contributed by atoms with Crippen molar-refractivity contribution in [2.45, 2.75) is 12.8 Å². The van der Waals surface area contributed by atoms with E-state index in [0.717, 1.165) is 25.3 Å². The number of amidine groups is 1. The van der Waals surface area contributed by atoms with Crippen LogP contribution in [0.1, 0.15) is 23.4 Å². The van der Waals surface area contributed by atoms with E-state index in [2.05, 4.69) is 4.99 Å². The molecule has 0 atom stereocenters. The van der Waals surface area contributed by atoms with Crippen molar-refractivity contribution in [2.75, 3.05) is 20.1 Å². The largest absolute Gasteiger partial charge is 0.461 e. The molecule has 0 bridgehead atoms. The van der Waals surface area contributed by atoms with Crippen molar-refractivity contribution in [3.05, 3.63) is 24.2 Å². The molecule has 0 saturated carbocycles. The summed E-state index contributed by atoms with van der Waals surface area (Å²) in [6.45, 7) is 1.80. The van der Waals surface area contributed by atoms with Gasteiger partial charge in [-0.1, -0.05) is 0 Å². The smallest absolute Gasteiger partial charge is 0.205 e. The third-order valence-electron chi connectivity index (χ3n) is 2.50. The fourth-order valence-corrected chi connectivity index (χ4v) is 1.62. The van der Waals surface area contributed by atoms with Gasteiger partial charge < -0.3 is 9.32 Å². The lowest BCUT2D eigenvalue weighted by atomic mass is 10.2. The zero-order chi connectivity index (χ0) is 10.7. The Hall–Kier alpha value is -1.58. The monoisotopic (exact) mass is 206 g/mol. The zero-order valence-corrected chi connectivity index (χ0v) is 8.77. The Morgan fingerprint density at radius 2 is 2.53 bits per heavy atom. The highest BCUT2D eigenvalue weighted by molar-refractivity contribution is 6.07. The molecule has 4 nitrogen and oxygen atoms in total. The second-order valence-electron chi connectivity index (χ2n) is 3.65. The van der Waals surface area contributed by atoms with E-state index in [1.54, 1.807) is 12.1 Å². The number of hydrogen-bond acceptors (Lipinski definition) is 4. The predicted octanol–water partition coefficient (Wildman–Crippen LogP) is 1.59. The number of hydrogen-bond donors (Lipinski definition) is 0. The number of carbonyl (C=O) groups excluding carboxylic acids is 1. The van der Waals surface area contributed by atoms with Crippen molar-refractivity contribution < 1.29 is 9.21 Å². The van der Waals surface area contributed by atoms with Gasteiger partial charge in [-0.2, -0.15) is 0 Å². The third-order valence-corrected chi connectivity index (χ3v) is 2.50. The fraction of sp³-hybridized carbons (Fsp3) is 0.455. The normalized spacial score (nSPS) is 16.3. The standard InChI is InChI=1S/C11H14N2O2/c1-13-6-3-5-12-11(13)8-9(14)10-4-2-7-15-10/h2,4,7H,3,5-6,8H2,1H3. The van der Waals surface area contributed by atoms with E-state index in [1.807, 2.05) is 11.9 Å². The van der Waals surface area contributed by atoms with Crippen LogP contribution in [0.2, 0.25) is 0 Å². The fourth-order valence-electron chi connectivity index (χ4n) is 1.62. The molecule has 1 aliphatic rings. The predicted molar refractivity (Wildman–Crippen MR) is 57.2 cm³/mol. The Balaban J connectivity index is 2.03. The maximum absolute atomic E-state index is 11.7. The van der Waals surface area contributed by atoms with Gasteiger partial charge in [0.15, 0.2) is 5.76 Å². The van der Waals surface area contributed by atoms with Gasteiger partial charge in [0.1, 0.15) is 5.84 Å². The lowest BCUT2D eigenvalue weighted by molar-refractivity contribution is 0.0971. The average molecular weight is 206 g/mol. The molecule has 4 heteroatoms.